The normalized spacial score (nSPS) is 25.6. The molecule has 71 heavy (non-hydrogen) atoms. The lowest BCUT2D eigenvalue weighted by Crippen LogP contribution is -2.47. The SMILES string of the molecule is C.C.CC(=O)[C@@H]1C[C@@H]2CCC[C@@H]2N1.CC(=O)[C@@H]1C[C@@H]2CCC[C@@H]2N1C(=O)OC(C)(C)C.CC(C)(C)OC(=O)N1[C@H](C(=O)O)C[C@@H]2CCC[C@@H]21.CC(C)(C)OC(=O)OC(=O)OC(C)(C)C.CCOC(C)=O.Cl. The topological polar surface area (TPSA) is 231 Å². The van der Waals surface area contributed by atoms with Crippen molar-refractivity contribution in [2.45, 2.75) is 261 Å². The van der Waals surface area contributed by atoms with Crippen molar-refractivity contribution in [1.29, 1.82) is 0 Å². The first kappa shape index (κ1) is 68.9. The highest BCUT2D eigenvalue weighted by Gasteiger charge is 2.51. The Morgan fingerprint density at radius 2 is 0.915 bits per heavy atom. The van der Waals surface area contributed by atoms with Crippen LogP contribution >= 0.6 is 12.4 Å². The lowest BCUT2D eigenvalue weighted by Gasteiger charge is -2.31. The molecule has 2 amide bonds. The van der Waals surface area contributed by atoms with Gasteiger partial charge in [0.2, 0.25) is 0 Å². The number of nitrogens with zero attached hydrogens (tertiary/aromatic N) is 2. The van der Waals surface area contributed by atoms with Crippen molar-refractivity contribution < 1.29 is 71.9 Å². The van der Waals surface area contributed by atoms with Gasteiger partial charge in [0.15, 0.2) is 5.78 Å². The fraction of sp³-hybridized carbons (Fsp3) is 0.846. The zero-order valence-corrected chi connectivity index (χ0v) is 45.2. The minimum absolute atomic E-state index is 0. The van der Waals surface area contributed by atoms with Crippen LogP contribution in [0.1, 0.15) is 203 Å². The molecule has 3 aliphatic carbocycles. The van der Waals surface area contributed by atoms with E-state index in [1.54, 1.807) is 88.0 Å². The minimum atomic E-state index is -1.06. The Morgan fingerprint density at radius 1 is 0.535 bits per heavy atom. The van der Waals surface area contributed by atoms with E-state index in [0.29, 0.717) is 36.7 Å². The van der Waals surface area contributed by atoms with Gasteiger partial charge < -0.3 is 38.8 Å². The summed E-state index contributed by atoms with van der Waals surface area (Å²) >= 11 is 0. The summed E-state index contributed by atoms with van der Waals surface area (Å²) in [6.45, 7) is 27.9. The number of carboxylic acid groups (broad SMARTS) is 1. The van der Waals surface area contributed by atoms with Crippen molar-refractivity contribution in [2.24, 2.45) is 17.8 Å². The first-order valence-corrected chi connectivity index (χ1v) is 24.4. The van der Waals surface area contributed by atoms with E-state index in [-0.39, 0.29) is 69.3 Å². The molecule has 3 saturated heterocycles. The first-order chi connectivity index (χ1) is 31.1. The highest BCUT2D eigenvalue weighted by molar-refractivity contribution is 5.86. The Balaban J connectivity index is 0. The summed E-state index contributed by atoms with van der Waals surface area (Å²) in [6.07, 6.45) is 9.82. The van der Waals surface area contributed by atoms with Crippen molar-refractivity contribution in [1.82, 2.24) is 15.1 Å². The van der Waals surface area contributed by atoms with E-state index < -0.39 is 52.8 Å². The third-order valence-corrected chi connectivity index (χ3v) is 12.0. The number of halogens is 1. The van der Waals surface area contributed by atoms with E-state index in [1.165, 1.54) is 31.1 Å². The van der Waals surface area contributed by atoms with Crippen LogP contribution in [0.25, 0.3) is 0 Å². The zero-order chi connectivity index (χ0) is 52.1. The van der Waals surface area contributed by atoms with E-state index in [4.69, 9.17) is 18.9 Å². The van der Waals surface area contributed by atoms with E-state index in [0.717, 1.165) is 57.3 Å². The van der Waals surface area contributed by atoms with Crippen molar-refractivity contribution in [3.8, 4) is 0 Å². The van der Waals surface area contributed by atoms with Gasteiger partial charge in [-0.2, -0.15) is 0 Å². The van der Waals surface area contributed by atoms with Gasteiger partial charge in [0.25, 0.3) is 0 Å². The number of Topliss-reactive ketones (excluding diaryl/α,β-unsaturated/α-hetero) is 2. The van der Waals surface area contributed by atoms with Gasteiger partial charge in [-0.1, -0.05) is 34.1 Å². The highest BCUT2D eigenvalue weighted by atomic mass is 35.5. The molecular formula is C52H94ClN3O15. The van der Waals surface area contributed by atoms with Gasteiger partial charge in [-0.05, 0) is 179 Å². The predicted octanol–water partition coefficient (Wildman–Crippen LogP) is 11.2. The molecule has 6 fully saturated rings. The van der Waals surface area contributed by atoms with Gasteiger partial charge in [-0.3, -0.25) is 24.2 Å². The lowest BCUT2D eigenvalue weighted by molar-refractivity contribution is -0.142. The Labute approximate surface area is 431 Å². The molecule has 19 heteroatoms. The fourth-order valence-corrected chi connectivity index (χ4v) is 9.58. The molecule has 3 saturated carbocycles. The summed E-state index contributed by atoms with van der Waals surface area (Å²) in [6, 6.07) is 0.147. The van der Waals surface area contributed by atoms with Gasteiger partial charge in [0, 0.05) is 25.0 Å². The molecule has 6 aliphatic rings. The number of carbonyl (C=O) groups is 8. The Bertz CT molecular complexity index is 1640. The fourth-order valence-electron chi connectivity index (χ4n) is 9.58. The quantitative estimate of drug-likeness (QED) is 0.151. The van der Waals surface area contributed by atoms with Crippen molar-refractivity contribution in [3.05, 3.63) is 0 Å². The number of hydrogen-bond donors (Lipinski definition) is 2. The zero-order valence-electron chi connectivity index (χ0n) is 44.4. The van der Waals surface area contributed by atoms with Gasteiger partial charge in [0.1, 0.15) is 34.2 Å². The molecule has 6 rings (SSSR count). The molecule has 2 N–H and O–H groups in total. The maximum absolute atomic E-state index is 12.3. The van der Waals surface area contributed by atoms with Crippen LogP contribution in [0, 0.1) is 17.8 Å². The number of aliphatic carboxylic acids is 1. The van der Waals surface area contributed by atoms with Crippen LogP contribution in [-0.2, 0) is 47.6 Å². The molecule has 18 nitrogen and oxygen atoms in total. The smallest absolute Gasteiger partial charge is 0.480 e. The van der Waals surface area contributed by atoms with Crippen molar-refractivity contribution in [2.75, 3.05) is 6.61 Å². The standard InChI is InChI=1S/C14H23NO3.C13H21NO4.C10H18O5.C9H15NO.C4H8O2.2CH4.ClH/c1-9(16)12-8-10-6-5-7-11(10)15(12)13(17)18-14(2,3)4;1-13(2,3)18-12(17)14-9-6-4-5-8(9)7-10(14)11(15)16;1-9(2,3)14-7(11)13-8(12)15-10(4,5)6;1-6(11)9-5-7-3-2-4-8(7)10-9;1-3-6-4(2)5;;;/h10-12H,5-8H2,1-4H3;8-10H,4-7H2,1-3H3,(H,15,16);1-6H3;7-10H,2-5H2,1H3;3H2,1-2H3;2*1H4;1H/t10-,11-,12-;8-,9-,10-;;7-,8-,9-;;;;/m00.0..../s1. The van der Waals surface area contributed by atoms with Gasteiger partial charge >= 0.3 is 36.4 Å². The molecule has 0 aromatic heterocycles. The third kappa shape index (κ3) is 24.4. The maximum atomic E-state index is 12.3. The van der Waals surface area contributed by atoms with Gasteiger partial charge in [0.05, 0.1) is 18.7 Å². The van der Waals surface area contributed by atoms with E-state index in [9.17, 15) is 43.5 Å². The molecule has 9 atom stereocenters. The average molecular weight is 1040 g/mol. The molecule has 0 spiro atoms. The molecule has 0 unspecified atom stereocenters. The number of fused-ring (bicyclic) bond motifs is 3. The van der Waals surface area contributed by atoms with E-state index in [2.05, 4.69) is 14.8 Å². The second-order valence-corrected chi connectivity index (χ2v) is 22.6. The molecule has 0 aromatic rings. The molecule has 0 aromatic carbocycles. The van der Waals surface area contributed by atoms with Gasteiger partial charge in [-0.15, -0.1) is 12.4 Å². The summed E-state index contributed by atoms with van der Waals surface area (Å²) in [4.78, 5) is 93.4. The van der Waals surface area contributed by atoms with Crippen molar-refractivity contribution >= 4 is 60.4 Å². The van der Waals surface area contributed by atoms with E-state index >= 15 is 0 Å². The first-order valence-electron chi connectivity index (χ1n) is 24.4. The molecular weight excluding hydrogens is 942 g/mol. The molecule has 414 valence electrons. The molecule has 3 aliphatic heterocycles. The maximum Gasteiger partial charge on any atom is 0.519 e. The highest BCUT2D eigenvalue weighted by Crippen LogP contribution is 2.43. The largest absolute Gasteiger partial charge is 0.519 e. The Hall–Kier alpha value is -4.19. The minimum Gasteiger partial charge on any atom is -0.480 e. The summed E-state index contributed by atoms with van der Waals surface area (Å²) in [7, 11) is 0. The number of ketones is 2. The number of likely N-dealkylation sites (tertiary alicyclic amines) is 2. The second kappa shape index (κ2) is 29.5. The lowest BCUT2D eigenvalue weighted by atomic mass is 10.0. The van der Waals surface area contributed by atoms with Crippen LogP contribution in [0.4, 0.5) is 19.2 Å². The van der Waals surface area contributed by atoms with Gasteiger partial charge in [-0.25, -0.2) is 24.0 Å². The number of nitrogens with one attached hydrogen (secondary N) is 1. The van der Waals surface area contributed by atoms with E-state index in [1.807, 2.05) is 20.8 Å². The number of ether oxygens (including phenoxy) is 6. The summed E-state index contributed by atoms with van der Waals surface area (Å²) in [5.41, 5.74) is -2.48. The van der Waals surface area contributed by atoms with Crippen LogP contribution in [0.5, 0.6) is 0 Å². The van der Waals surface area contributed by atoms with Crippen molar-refractivity contribution in [3.63, 3.8) is 0 Å². The molecule has 3 heterocycles. The Morgan fingerprint density at radius 3 is 1.24 bits per heavy atom. The summed E-state index contributed by atoms with van der Waals surface area (Å²) in [5.74, 6) is 0.899. The van der Waals surface area contributed by atoms with Crippen LogP contribution in [0.3, 0.4) is 0 Å². The average Bonchev–Trinajstić information content (AvgIpc) is 3.98. The third-order valence-electron chi connectivity index (χ3n) is 12.0. The second-order valence-electron chi connectivity index (χ2n) is 22.6. The van der Waals surface area contributed by atoms with Crippen LogP contribution in [0.15, 0.2) is 0 Å². The monoisotopic (exact) mass is 1040 g/mol. The van der Waals surface area contributed by atoms with Crippen LogP contribution in [-0.4, -0.2) is 128 Å². The molecule has 0 radical (unpaired) electrons. The molecule has 0 bridgehead atoms. The van der Waals surface area contributed by atoms with Crippen LogP contribution in [0.2, 0.25) is 0 Å². The predicted molar refractivity (Wildman–Crippen MR) is 273 cm³/mol. The number of carbonyl (C=O) groups excluding carboxylic acids is 7. The number of hydrogen-bond acceptors (Lipinski definition) is 15. The number of amides is 2. The number of esters is 1. The van der Waals surface area contributed by atoms with Crippen LogP contribution < -0.4 is 5.32 Å². The number of carboxylic acids is 1. The summed E-state index contributed by atoms with van der Waals surface area (Å²) < 4.78 is 29.0. The summed E-state index contributed by atoms with van der Waals surface area (Å²) in [5, 5.41) is 12.6. The Kier molecular flexibility index (Phi) is 28.6. The number of rotatable bonds is 4.